The van der Waals surface area contributed by atoms with Crippen molar-refractivity contribution >= 4 is 11.9 Å². The monoisotopic (exact) mass is 446 g/mol. The van der Waals surface area contributed by atoms with Crippen LogP contribution in [-0.4, -0.2) is 23.1 Å². The summed E-state index contributed by atoms with van der Waals surface area (Å²) in [5.74, 6) is -1.62. The van der Waals surface area contributed by atoms with Gasteiger partial charge in [0.25, 0.3) is 0 Å². The van der Waals surface area contributed by atoms with Crippen molar-refractivity contribution in [3.63, 3.8) is 0 Å². The number of unbranched alkanes of at least 4 members (excludes halogenated alkanes) is 13. The van der Waals surface area contributed by atoms with E-state index in [0.717, 1.165) is 25.7 Å². The van der Waals surface area contributed by atoms with Gasteiger partial charge in [0.1, 0.15) is 6.10 Å². The maximum absolute atomic E-state index is 12.5. The molecule has 0 aromatic heterocycles. The van der Waals surface area contributed by atoms with Gasteiger partial charge in [-0.05, 0) is 31.4 Å². The smallest absolute Gasteiger partial charge is 0.339 e. The van der Waals surface area contributed by atoms with Crippen LogP contribution in [0.25, 0.3) is 0 Å². The normalized spacial score (nSPS) is 11.9. The van der Waals surface area contributed by atoms with Crippen LogP contribution in [0.15, 0.2) is 24.3 Å². The number of rotatable bonds is 20. The van der Waals surface area contributed by atoms with E-state index in [1.54, 1.807) is 12.1 Å². The average molecular weight is 447 g/mol. The highest BCUT2D eigenvalue weighted by Gasteiger charge is 2.20. The van der Waals surface area contributed by atoms with Crippen LogP contribution in [0, 0.1) is 0 Å². The van der Waals surface area contributed by atoms with E-state index in [-0.39, 0.29) is 17.2 Å². The molecule has 0 saturated heterocycles. The third kappa shape index (κ3) is 12.9. The van der Waals surface area contributed by atoms with Crippen LogP contribution in [0.5, 0.6) is 0 Å². The molecule has 1 atom stereocenters. The SMILES string of the molecule is CCCCCCCCCCCCCCCCC(CCC)OC(=O)c1ccccc1C(=O)O. The minimum Gasteiger partial charge on any atom is -0.478 e. The van der Waals surface area contributed by atoms with E-state index in [9.17, 15) is 14.7 Å². The molecule has 0 bridgehead atoms. The highest BCUT2D eigenvalue weighted by atomic mass is 16.5. The first-order chi connectivity index (χ1) is 15.6. The van der Waals surface area contributed by atoms with Crippen LogP contribution in [0.1, 0.15) is 144 Å². The Morgan fingerprint density at radius 1 is 0.688 bits per heavy atom. The molecule has 1 aromatic carbocycles. The molecule has 4 nitrogen and oxygen atoms in total. The molecule has 0 amide bonds. The van der Waals surface area contributed by atoms with Crippen LogP contribution in [0.2, 0.25) is 0 Å². The Kier molecular flexibility index (Phi) is 16.5. The highest BCUT2D eigenvalue weighted by molar-refractivity contribution is 6.02. The summed E-state index contributed by atoms with van der Waals surface area (Å²) in [4.78, 5) is 23.9. The molecule has 1 unspecified atom stereocenters. The van der Waals surface area contributed by atoms with Crippen molar-refractivity contribution < 1.29 is 19.4 Å². The summed E-state index contributed by atoms with van der Waals surface area (Å²) in [5.41, 5.74) is 0.145. The fourth-order valence-corrected chi connectivity index (χ4v) is 4.21. The van der Waals surface area contributed by atoms with Gasteiger partial charge in [0.15, 0.2) is 0 Å². The Labute approximate surface area is 196 Å². The van der Waals surface area contributed by atoms with Crippen LogP contribution in [0.4, 0.5) is 0 Å². The number of benzene rings is 1. The summed E-state index contributed by atoms with van der Waals surface area (Å²) in [5, 5.41) is 9.29. The lowest BCUT2D eigenvalue weighted by atomic mass is 10.0. The second-order valence-electron chi connectivity index (χ2n) is 9.05. The maximum Gasteiger partial charge on any atom is 0.339 e. The summed E-state index contributed by atoms with van der Waals surface area (Å²) >= 11 is 0. The second kappa shape index (κ2) is 18.7. The number of carboxylic acid groups (broad SMARTS) is 1. The summed E-state index contributed by atoms with van der Waals surface area (Å²) < 4.78 is 5.68. The van der Waals surface area contributed by atoms with E-state index < -0.39 is 11.9 Å². The van der Waals surface area contributed by atoms with E-state index in [4.69, 9.17) is 4.74 Å². The minimum absolute atomic E-state index is 0.00393. The van der Waals surface area contributed by atoms with Crippen molar-refractivity contribution in [2.24, 2.45) is 0 Å². The minimum atomic E-state index is -1.10. The Balaban J connectivity index is 2.14. The number of ether oxygens (including phenoxy) is 1. The first kappa shape index (κ1) is 28.2. The molecule has 0 spiro atoms. The van der Waals surface area contributed by atoms with Crippen LogP contribution in [0.3, 0.4) is 0 Å². The molecule has 1 N–H and O–H groups in total. The maximum atomic E-state index is 12.5. The number of carboxylic acids is 1. The van der Waals surface area contributed by atoms with Gasteiger partial charge in [-0.2, -0.15) is 0 Å². The first-order valence-electron chi connectivity index (χ1n) is 13.1. The number of hydrogen-bond donors (Lipinski definition) is 1. The number of aromatic carboxylic acids is 1. The molecule has 0 saturated carbocycles. The van der Waals surface area contributed by atoms with Crippen molar-refractivity contribution in [2.45, 2.75) is 129 Å². The summed E-state index contributed by atoms with van der Waals surface area (Å²) in [7, 11) is 0. The van der Waals surface area contributed by atoms with Crippen LogP contribution in [-0.2, 0) is 4.74 Å². The molecule has 4 heteroatoms. The van der Waals surface area contributed by atoms with Crippen molar-refractivity contribution in [3.05, 3.63) is 35.4 Å². The largest absolute Gasteiger partial charge is 0.478 e. The molecule has 0 aliphatic rings. The molecule has 182 valence electrons. The summed E-state index contributed by atoms with van der Waals surface area (Å²) in [6, 6.07) is 6.27. The van der Waals surface area contributed by atoms with Crippen molar-refractivity contribution in [2.75, 3.05) is 0 Å². The van der Waals surface area contributed by atoms with Gasteiger partial charge >= 0.3 is 11.9 Å². The molecule has 1 rings (SSSR count). The molecule has 0 radical (unpaired) electrons. The molecule has 1 aromatic rings. The first-order valence-corrected chi connectivity index (χ1v) is 13.1. The van der Waals surface area contributed by atoms with Crippen molar-refractivity contribution in [3.8, 4) is 0 Å². The third-order valence-corrected chi connectivity index (χ3v) is 6.14. The number of hydrogen-bond acceptors (Lipinski definition) is 3. The van der Waals surface area contributed by atoms with E-state index in [1.807, 2.05) is 0 Å². The zero-order valence-corrected chi connectivity index (χ0v) is 20.6. The molecule has 0 fully saturated rings. The molecular formula is C28H46O4. The van der Waals surface area contributed by atoms with Gasteiger partial charge in [0.05, 0.1) is 11.1 Å². The lowest BCUT2D eigenvalue weighted by Gasteiger charge is -2.18. The zero-order valence-electron chi connectivity index (χ0n) is 20.6. The van der Waals surface area contributed by atoms with E-state index >= 15 is 0 Å². The van der Waals surface area contributed by atoms with Crippen LogP contribution < -0.4 is 0 Å². The topological polar surface area (TPSA) is 63.6 Å². The van der Waals surface area contributed by atoms with E-state index in [2.05, 4.69) is 13.8 Å². The van der Waals surface area contributed by atoms with Gasteiger partial charge in [0.2, 0.25) is 0 Å². The number of carbonyl (C=O) groups is 2. The van der Waals surface area contributed by atoms with Gasteiger partial charge in [-0.1, -0.05) is 116 Å². The lowest BCUT2D eigenvalue weighted by Crippen LogP contribution is -2.20. The highest BCUT2D eigenvalue weighted by Crippen LogP contribution is 2.18. The summed E-state index contributed by atoms with van der Waals surface area (Å²) in [6.45, 7) is 4.35. The quantitative estimate of drug-likeness (QED) is 0.161. The van der Waals surface area contributed by atoms with Gasteiger partial charge < -0.3 is 9.84 Å². The van der Waals surface area contributed by atoms with Gasteiger partial charge in [-0.15, -0.1) is 0 Å². The Bertz CT molecular complexity index is 626. The molecule has 0 aliphatic heterocycles. The standard InChI is InChI=1S/C28H46O4/c1-3-5-6-7-8-9-10-11-12-13-14-15-16-17-21-24(20-4-2)32-28(31)26-23-19-18-22-25(26)27(29)30/h18-19,22-24H,3-17,20-21H2,1-2H3,(H,29,30). The fraction of sp³-hybridized carbons (Fsp3) is 0.714. The van der Waals surface area contributed by atoms with Crippen molar-refractivity contribution in [1.29, 1.82) is 0 Å². The Morgan fingerprint density at radius 3 is 1.62 bits per heavy atom. The number of esters is 1. The van der Waals surface area contributed by atoms with Gasteiger partial charge in [-0.25, -0.2) is 9.59 Å². The molecular weight excluding hydrogens is 400 g/mol. The lowest BCUT2D eigenvalue weighted by molar-refractivity contribution is 0.0248. The molecule has 0 heterocycles. The summed E-state index contributed by atoms with van der Waals surface area (Å²) in [6.07, 6.45) is 21.0. The second-order valence-corrected chi connectivity index (χ2v) is 9.05. The average Bonchev–Trinajstić information content (AvgIpc) is 2.79. The Morgan fingerprint density at radius 2 is 1.16 bits per heavy atom. The predicted octanol–water partition coefficient (Wildman–Crippen LogP) is 8.58. The van der Waals surface area contributed by atoms with Gasteiger partial charge in [0, 0.05) is 0 Å². The predicted molar refractivity (Wildman–Crippen MR) is 132 cm³/mol. The Hall–Kier alpha value is -1.84. The fourth-order valence-electron chi connectivity index (χ4n) is 4.21. The molecule has 0 aliphatic carbocycles. The molecule has 32 heavy (non-hydrogen) atoms. The number of carbonyl (C=O) groups excluding carboxylic acids is 1. The zero-order chi connectivity index (χ0) is 23.4. The van der Waals surface area contributed by atoms with Crippen molar-refractivity contribution in [1.82, 2.24) is 0 Å². The van der Waals surface area contributed by atoms with E-state index in [1.165, 1.54) is 95.6 Å². The van der Waals surface area contributed by atoms with Gasteiger partial charge in [-0.3, -0.25) is 0 Å². The van der Waals surface area contributed by atoms with E-state index in [0.29, 0.717) is 0 Å². The van der Waals surface area contributed by atoms with Crippen LogP contribution >= 0.6 is 0 Å². The third-order valence-electron chi connectivity index (χ3n) is 6.14.